The average molecular weight is 422 g/mol. The van der Waals surface area contributed by atoms with Crippen molar-refractivity contribution in [1.29, 1.82) is 0 Å². The van der Waals surface area contributed by atoms with Crippen LogP contribution >= 0.6 is 0 Å². The topological polar surface area (TPSA) is 97.5 Å². The van der Waals surface area contributed by atoms with Crippen molar-refractivity contribution >= 4 is 11.9 Å². The standard InChI is InChI=1S/C16H16F6N6O/c17-15(18,19)12-5-6-25-14(28-12)26-8-7-24-13(23)27-9-10-1-3-11(4-2-10)29-16(20,21)22/h1-6H,7-9H2,(H3,23,24,27)(H,25,26,28). The number of ether oxygens (including phenoxy) is 1. The zero-order chi connectivity index (χ0) is 21.5. The third-order valence-electron chi connectivity index (χ3n) is 3.25. The molecule has 0 fully saturated rings. The number of hydrogen-bond donors (Lipinski definition) is 3. The predicted molar refractivity (Wildman–Crippen MR) is 92.0 cm³/mol. The predicted octanol–water partition coefficient (Wildman–Crippen LogP) is 2.91. The largest absolute Gasteiger partial charge is 0.573 e. The van der Waals surface area contributed by atoms with Crippen molar-refractivity contribution in [3.8, 4) is 5.75 Å². The molecule has 4 N–H and O–H groups in total. The van der Waals surface area contributed by atoms with Gasteiger partial charge >= 0.3 is 12.5 Å². The van der Waals surface area contributed by atoms with Gasteiger partial charge < -0.3 is 21.1 Å². The van der Waals surface area contributed by atoms with Crippen LogP contribution in [0.5, 0.6) is 5.75 Å². The zero-order valence-electron chi connectivity index (χ0n) is 14.7. The van der Waals surface area contributed by atoms with Gasteiger partial charge in [-0.25, -0.2) is 15.0 Å². The molecule has 2 aromatic rings. The Hall–Kier alpha value is -3.25. The highest BCUT2D eigenvalue weighted by Gasteiger charge is 2.32. The first-order valence-electron chi connectivity index (χ1n) is 8.05. The number of aromatic nitrogens is 2. The van der Waals surface area contributed by atoms with Crippen molar-refractivity contribution in [1.82, 2.24) is 15.3 Å². The van der Waals surface area contributed by atoms with Gasteiger partial charge in [0.2, 0.25) is 5.95 Å². The van der Waals surface area contributed by atoms with Crippen LogP contribution < -0.4 is 21.1 Å². The molecule has 1 aromatic carbocycles. The highest BCUT2D eigenvalue weighted by atomic mass is 19.4. The zero-order valence-corrected chi connectivity index (χ0v) is 14.7. The van der Waals surface area contributed by atoms with Crippen molar-refractivity contribution in [2.24, 2.45) is 10.7 Å². The summed E-state index contributed by atoms with van der Waals surface area (Å²) in [7, 11) is 0. The highest BCUT2D eigenvalue weighted by Crippen LogP contribution is 2.27. The summed E-state index contributed by atoms with van der Waals surface area (Å²) in [5, 5.41) is 5.33. The van der Waals surface area contributed by atoms with E-state index >= 15 is 0 Å². The number of nitrogens with two attached hydrogens (primary N) is 1. The quantitative estimate of drug-likeness (QED) is 0.275. The first-order valence-corrected chi connectivity index (χ1v) is 8.05. The van der Waals surface area contributed by atoms with E-state index in [0.29, 0.717) is 5.56 Å². The summed E-state index contributed by atoms with van der Waals surface area (Å²) in [6.45, 7) is 0.490. The Morgan fingerprint density at radius 1 is 1.03 bits per heavy atom. The third kappa shape index (κ3) is 8.11. The number of aliphatic imine (C=N–C) groups is 1. The first kappa shape index (κ1) is 22.0. The number of halogens is 6. The molecule has 0 saturated carbocycles. The smallest absolute Gasteiger partial charge is 0.406 e. The van der Waals surface area contributed by atoms with E-state index in [1.807, 2.05) is 0 Å². The molecule has 0 spiro atoms. The average Bonchev–Trinajstić information content (AvgIpc) is 2.63. The number of anilines is 1. The molecule has 0 saturated heterocycles. The molecule has 0 amide bonds. The Labute approximate surface area is 161 Å². The molecule has 1 heterocycles. The Morgan fingerprint density at radius 2 is 1.72 bits per heavy atom. The molecule has 7 nitrogen and oxygen atoms in total. The minimum absolute atomic E-state index is 0.0485. The van der Waals surface area contributed by atoms with Crippen molar-refractivity contribution in [2.45, 2.75) is 19.1 Å². The van der Waals surface area contributed by atoms with E-state index in [4.69, 9.17) is 5.73 Å². The van der Waals surface area contributed by atoms with Crippen molar-refractivity contribution in [3.63, 3.8) is 0 Å². The van der Waals surface area contributed by atoms with E-state index in [0.717, 1.165) is 24.4 Å². The monoisotopic (exact) mass is 422 g/mol. The maximum Gasteiger partial charge on any atom is 0.573 e. The second-order valence-corrected chi connectivity index (χ2v) is 5.51. The number of rotatable bonds is 7. The number of benzene rings is 1. The van der Waals surface area contributed by atoms with Crippen LogP contribution in [0.15, 0.2) is 41.5 Å². The fourth-order valence-electron chi connectivity index (χ4n) is 2.00. The summed E-state index contributed by atoms with van der Waals surface area (Å²) in [5.74, 6) is -0.482. The molecule has 29 heavy (non-hydrogen) atoms. The SMILES string of the molecule is NC(=NCc1ccc(OC(F)(F)F)cc1)NCCNc1nccc(C(F)(F)F)n1. The molecular weight excluding hydrogens is 406 g/mol. The molecular formula is C16H16F6N6O. The number of alkyl halides is 6. The van der Waals surface area contributed by atoms with Gasteiger partial charge in [-0.2, -0.15) is 13.2 Å². The maximum absolute atomic E-state index is 12.6. The molecule has 2 rings (SSSR count). The molecule has 0 unspecified atom stereocenters. The van der Waals surface area contributed by atoms with Gasteiger partial charge in [0.15, 0.2) is 5.96 Å². The summed E-state index contributed by atoms with van der Waals surface area (Å²) in [6.07, 6.45) is -8.33. The van der Waals surface area contributed by atoms with Gasteiger partial charge in [0.1, 0.15) is 11.4 Å². The number of nitrogens with one attached hydrogen (secondary N) is 2. The molecule has 0 radical (unpaired) electrons. The summed E-state index contributed by atoms with van der Waals surface area (Å²) in [6, 6.07) is 5.88. The molecule has 0 aliphatic heterocycles. The number of guanidine groups is 1. The lowest BCUT2D eigenvalue weighted by atomic mass is 10.2. The van der Waals surface area contributed by atoms with Crippen LogP contribution in [0.1, 0.15) is 11.3 Å². The van der Waals surface area contributed by atoms with Crippen LogP contribution in [0.25, 0.3) is 0 Å². The number of nitrogens with zero attached hydrogens (tertiary/aromatic N) is 3. The molecule has 0 aliphatic rings. The summed E-state index contributed by atoms with van der Waals surface area (Å²) in [5.41, 5.74) is 5.19. The highest BCUT2D eigenvalue weighted by molar-refractivity contribution is 5.77. The van der Waals surface area contributed by atoms with Crippen LogP contribution in [0.4, 0.5) is 32.3 Å². The van der Waals surface area contributed by atoms with Crippen molar-refractivity contribution in [2.75, 3.05) is 18.4 Å². The van der Waals surface area contributed by atoms with E-state index in [9.17, 15) is 26.3 Å². The second kappa shape index (κ2) is 9.30. The van der Waals surface area contributed by atoms with Crippen LogP contribution in [0.3, 0.4) is 0 Å². The normalized spacial score (nSPS) is 12.6. The van der Waals surface area contributed by atoms with E-state index < -0.39 is 18.2 Å². The van der Waals surface area contributed by atoms with Crippen molar-refractivity contribution < 1.29 is 31.1 Å². The van der Waals surface area contributed by atoms with Gasteiger partial charge in [0.05, 0.1) is 6.54 Å². The maximum atomic E-state index is 12.6. The number of hydrogen-bond acceptors (Lipinski definition) is 5. The molecule has 0 atom stereocenters. The fourth-order valence-corrected chi connectivity index (χ4v) is 2.00. The molecule has 1 aromatic heterocycles. The molecule has 13 heteroatoms. The Bertz CT molecular complexity index is 822. The van der Waals surface area contributed by atoms with Gasteiger partial charge in [0, 0.05) is 19.3 Å². The Morgan fingerprint density at radius 3 is 2.34 bits per heavy atom. The van der Waals surface area contributed by atoms with E-state index in [-0.39, 0.29) is 37.3 Å². The minimum Gasteiger partial charge on any atom is -0.406 e. The van der Waals surface area contributed by atoms with Gasteiger partial charge in [-0.05, 0) is 23.8 Å². The molecule has 158 valence electrons. The van der Waals surface area contributed by atoms with Crippen molar-refractivity contribution in [3.05, 3.63) is 47.8 Å². The third-order valence-corrected chi connectivity index (χ3v) is 3.25. The van der Waals surface area contributed by atoms with Gasteiger partial charge in [-0.3, -0.25) is 0 Å². The second-order valence-electron chi connectivity index (χ2n) is 5.51. The lowest BCUT2D eigenvalue weighted by molar-refractivity contribution is -0.274. The van der Waals surface area contributed by atoms with Crippen LogP contribution in [-0.2, 0) is 12.7 Å². The Balaban J connectivity index is 1.75. The van der Waals surface area contributed by atoms with Gasteiger partial charge in [-0.15, -0.1) is 13.2 Å². The molecule has 0 aliphatic carbocycles. The first-order chi connectivity index (χ1) is 13.5. The van der Waals surface area contributed by atoms with Crippen LogP contribution in [-0.4, -0.2) is 35.4 Å². The van der Waals surface area contributed by atoms with Gasteiger partial charge in [0.25, 0.3) is 0 Å². The molecule has 0 bridgehead atoms. The summed E-state index contributed by atoms with van der Waals surface area (Å²) in [4.78, 5) is 11.0. The van der Waals surface area contributed by atoms with E-state index in [1.165, 1.54) is 12.1 Å². The summed E-state index contributed by atoms with van der Waals surface area (Å²) < 4.78 is 77.7. The fraction of sp³-hybridized carbons (Fsp3) is 0.312. The summed E-state index contributed by atoms with van der Waals surface area (Å²) >= 11 is 0. The van der Waals surface area contributed by atoms with E-state index in [1.54, 1.807) is 0 Å². The minimum atomic E-state index is -4.76. The lowest BCUT2D eigenvalue weighted by Gasteiger charge is -2.10. The van der Waals surface area contributed by atoms with Crippen LogP contribution in [0.2, 0.25) is 0 Å². The van der Waals surface area contributed by atoms with Gasteiger partial charge in [-0.1, -0.05) is 12.1 Å². The Kier molecular flexibility index (Phi) is 7.07. The lowest BCUT2D eigenvalue weighted by Crippen LogP contribution is -2.35. The van der Waals surface area contributed by atoms with Crippen LogP contribution in [0, 0.1) is 0 Å². The van der Waals surface area contributed by atoms with E-state index in [2.05, 4.69) is 30.3 Å².